The first-order valence-electron chi connectivity index (χ1n) is 8.85. The third-order valence-electron chi connectivity index (χ3n) is 4.27. The summed E-state index contributed by atoms with van der Waals surface area (Å²) in [4.78, 5) is 4.14. The van der Waals surface area contributed by atoms with Crippen LogP contribution in [0.5, 0.6) is 0 Å². The molecule has 0 atom stereocenters. The zero-order valence-electron chi connectivity index (χ0n) is 16.2. The Morgan fingerprint density at radius 1 is 1.18 bits per heavy atom. The van der Waals surface area contributed by atoms with Crippen LogP contribution in [0.3, 0.4) is 0 Å². The first-order valence-corrected chi connectivity index (χ1v) is 8.85. The van der Waals surface area contributed by atoms with Gasteiger partial charge in [0.15, 0.2) is 0 Å². The summed E-state index contributed by atoms with van der Waals surface area (Å²) in [6.07, 6.45) is 10.4. The van der Waals surface area contributed by atoms with Crippen LogP contribution in [0.15, 0.2) is 66.4 Å². The average molecular weight is 374 g/mol. The predicted molar refractivity (Wildman–Crippen MR) is 118 cm³/mol. The highest BCUT2D eigenvalue weighted by Gasteiger charge is 2.05. The van der Waals surface area contributed by atoms with Gasteiger partial charge in [0.1, 0.15) is 0 Å². The number of rotatable bonds is 8. The van der Waals surface area contributed by atoms with Gasteiger partial charge in [-0.3, -0.25) is 4.98 Å². The second kappa shape index (κ2) is 9.87. The van der Waals surface area contributed by atoms with Crippen LogP contribution in [0.2, 0.25) is 0 Å². The Bertz CT molecular complexity index is 932. The fourth-order valence-corrected chi connectivity index (χ4v) is 2.74. The van der Waals surface area contributed by atoms with Crippen molar-refractivity contribution >= 4 is 29.3 Å². The molecule has 7 N–H and O–H groups in total. The Morgan fingerprint density at radius 3 is 2.46 bits per heavy atom. The third kappa shape index (κ3) is 5.41. The highest BCUT2D eigenvalue weighted by Crippen LogP contribution is 2.18. The summed E-state index contributed by atoms with van der Waals surface area (Å²) < 4.78 is 0. The number of nitrogens with one attached hydrogen (secondary N) is 3. The van der Waals surface area contributed by atoms with Crippen molar-refractivity contribution in [3.05, 3.63) is 83.1 Å². The number of benzene rings is 1. The number of nitrogens with zero attached hydrogens (tertiary/aromatic N) is 1. The van der Waals surface area contributed by atoms with E-state index in [1.165, 1.54) is 12.4 Å². The molecule has 144 valence electrons. The Kier molecular flexibility index (Phi) is 7.28. The molecule has 0 aliphatic heterocycles. The number of allylic oxidation sites excluding steroid dienone is 3. The Hall–Kier alpha value is -3.67. The summed E-state index contributed by atoms with van der Waals surface area (Å²) in [6, 6.07) is 9.82. The molecule has 28 heavy (non-hydrogen) atoms. The standard InChI is InChI=1S/C22H26N6/c1-15(25)22(16(2)26)11-17-3-5-20(6-4-17)28-10-7-18-14-27-9-8-21(18)19(12-23)13-24/h3-10,12-14,23,25,28H,11,24,26H2,1-2H3/b10-7+,19-13+,22-16?,23-12?,25-15?. The Labute approximate surface area is 165 Å². The van der Waals surface area contributed by atoms with Crippen molar-refractivity contribution in [3.63, 3.8) is 0 Å². The molecule has 0 spiro atoms. The van der Waals surface area contributed by atoms with Crippen molar-refractivity contribution in [1.29, 1.82) is 10.8 Å². The van der Waals surface area contributed by atoms with E-state index in [4.69, 9.17) is 22.3 Å². The van der Waals surface area contributed by atoms with E-state index in [9.17, 15) is 0 Å². The van der Waals surface area contributed by atoms with Gasteiger partial charge in [0.2, 0.25) is 0 Å². The second-order valence-electron chi connectivity index (χ2n) is 6.37. The summed E-state index contributed by atoms with van der Waals surface area (Å²) in [5, 5.41) is 18.5. The van der Waals surface area contributed by atoms with Crippen molar-refractivity contribution in [2.24, 2.45) is 11.5 Å². The first kappa shape index (κ1) is 20.6. The molecule has 0 aliphatic rings. The van der Waals surface area contributed by atoms with E-state index in [2.05, 4.69) is 10.3 Å². The lowest BCUT2D eigenvalue weighted by Gasteiger charge is -2.09. The number of pyridine rings is 1. The van der Waals surface area contributed by atoms with Gasteiger partial charge in [-0.1, -0.05) is 12.1 Å². The van der Waals surface area contributed by atoms with Crippen LogP contribution in [0, 0.1) is 10.8 Å². The molecule has 0 saturated carbocycles. The van der Waals surface area contributed by atoms with Gasteiger partial charge in [0.05, 0.1) is 0 Å². The molecule has 6 heteroatoms. The van der Waals surface area contributed by atoms with E-state index >= 15 is 0 Å². The van der Waals surface area contributed by atoms with Crippen molar-refractivity contribution < 1.29 is 0 Å². The predicted octanol–water partition coefficient (Wildman–Crippen LogP) is 3.93. The molecular weight excluding hydrogens is 348 g/mol. The lowest BCUT2D eigenvalue weighted by atomic mass is 10.00. The summed E-state index contributed by atoms with van der Waals surface area (Å²) in [5.41, 5.74) is 17.9. The molecule has 1 aromatic heterocycles. The van der Waals surface area contributed by atoms with Gasteiger partial charge in [-0.2, -0.15) is 0 Å². The normalized spacial score (nSPS) is 12.6. The molecule has 1 aromatic carbocycles. The molecule has 0 radical (unpaired) electrons. The lowest BCUT2D eigenvalue weighted by Crippen LogP contribution is -2.08. The fourth-order valence-electron chi connectivity index (χ4n) is 2.74. The maximum atomic E-state index is 7.83. The molecule has 1 heterocycles. The van der Waals surface area contributed by atoms with Crippen LogP contribution in [-0.4, -0.2) is 16.9 Å². The minimum absolute atomic E-state index is 0.494. The SMILES string of the molecule is CC(=N)C(Cc1ccc(N/C=C/c2cnccc2/C(C=N)=C/N)cc1)=C(C)N. The van der Waals surface area contributed by atoms with Crippen LogP contribution in [0.25, 0.3) is 11.6 Å². The number of hydrogen-bond donors (Lipinski definition) is 5. The minimum atomic E-state index is 0.494. The van der Waals surface area contributed by atoms with Gasteiger partial charge in [-0.25, -0.2) is 0 Å². The smallest absolute Gasteiger partial charge is 0.0379 e. The molecule has 2 aromatic rings. The first-order chi connectivity index (χ1) is 13.5. The molecule has 0 bridgehead atoms. The maximum absolute atomic E-state index is 7.83. The van der Waals surface area contributed by atoms with Gasteiger partial charge in [0, 0.05) is 65.7 Å². The minimum Gasteiger partial charge on any atom is -0.404 e. The molecule has 0 unspecified atom stereocenters. The number of hydrogen-bond acceptors (Lipinski definition) is 6. The highest BCUT2D eigenvalue weighted by molar-refractivity contribution is 6.09. The van der Waals surface area contributed by atoms with Crippen molar-refractivity contribution in [3.8, 4) is 0 Å². The second-order valence-corrected chi connectivity index (χ2v) is 6.37. The van der Waals surface area contributed by atoms with Crippen molar-refractivity contribution in [2.75, 3.05) is 5.32 Å². The topological polar surface area (TPSA) is 125 Å². The highest BCUT2D eigenvalue weighted by atomic mass is 14.8. The van der Waals surface area contributed by atoms with E-state index < -0.39 is 0 Å². The van der Waals surface area contributed by atoms with Gasteiger partial charge in [-0.05, 0) is 54.8 Å². The summed E-state index contributed by atoms with van der Waals surface area (Å²) in [5.74, 6) is 0. The number of nitrogens with two attached hydrogens (primary N) is 2. The van der Waals surface area contributed by atoms with Crippen LogP contribution in [0.4, 0.5) is 5.69 Å². The van der Waals surface area contributed by atoms with Gasteiger partial charge in [-0.15, -0.1) is 0 Å². The summed E-state index contributed by atoms with van der Waals surface area (Å²) in [6.45, 7) is 3.58. The van der Waals surface area contributed by atoms with Gasteiger partial charge >= 0.3 is 0 Å². The molecule has 0 amide bonds. The van der Waals surface area contributed by atoms with E-state index in [0.29, 0.717) is 23.4 Å². The average Bonchev–Trinajstić information content (AvgIpc) is 2.68. The molecular formula is C22H26N6. The molecule has 2 rings (SSSR count). The van der Waals surface area contributed by atoms with E-state index in [1.807, 2.05) is 49.5 Å². The third-order valence-corrected chi connectivity index (χ3v) is 4.27. The van der Waals surface area contributed by atoms with Crippen LogP contribution in [0.1, 0.15) is 30.5 Å². The molecule has 6 nitrogen and oxygen atoms in total. The quantitative estimate of drug-likeness (QED) is 0.449. The summed E-state index contributed by atoms with van der Waals surface area (Å²) in [7, 11) is 0. The monoisotopic (exact) mass is 374 g/mol. The Morgan fingerprint density at radius 2 is 1.89 bits per heavy atom. The van der Waals surface area contributed by atoms with Crippen molar-refractivity contribution in [1.82, 2.24) is 4.98 Å². The van der Waals surface area contributed by atoms with Gasteiger partial charge < -0.3 is 27.6 Å². The van der Waals surface area contributed by atoms with E-state index in [1.54, 1.807) is 19.3 Å². The number of anilines is 1. The van der Waals surface area contributed by atoms with Gasteiger partial charge in [0.25, 0.3) is 0 Å². The lowest BCUT2D eigenvalue weighted by molar-refractivity contribution is 1.13. The molecule has 0 saturated heterocycles. The van der Waals surface area contributed by atoms with Crippen LogP contribution in [-0.2, 0) is 6.42 Å². The fraction of sp³-hybridized carbons (Fsp3) is 0.136. The van der Waals surface area contributed by atoms with Crippen molar-refractivity contribution in [2.45, 2.75) is 20.3 Å². The zero-order valence-corrected chi connectivity index (χ0v) is 16.2. The zero-order chi connectivity index (χ0) is 20.5. The maximum Gasteiger partial charge on any atom is 0.0379 e. The number of aromatic nitrogens is 1. The van der Waals surface area contributed by atoms with Crippen LogP contribution < -0.4 is 16.8 Å². The Balaban J connectivity index is 2.10. The van der Waals surface area contributed by atoms with Crippen LogP contribution >= 0.6 is 0 Å². The van der Waals surface area contributed by atoms with E-state index in [-0.39, 0.29) is 0 Å². The molecule has 0 aliphatic carbocycles. The largest absolute Gasteiger partial charge is 0.404 e. The van der Waals surface area contributed by atoms with E-state index in [0.717, 1.165) is 28.0 Å². The molecule has 0 fully saturated rings. The summed E-state index contributed by atoms with van der Waals surface area (Å²) >= 11 is 0.